The average Bonchev–Trinajstić information content (AvgIpc) is 3.07. The minimum absolute atomic E-state index is 0.331. The maximum absolute atomic E-state index is 12.8. The van der Waals surface area contributed by atoms with Crippen molar-refractivity contribution in [2.24, 2.45) is 17.8 Å². The van der Waals surface area contributed by atoms with Crippen LogP contribution in [0.4, 0.5) is 0 Å². The fraction of sp³-hybridized carbons (Fsp3) is 0.938. The molecule has 19 heavy (non-hydrogen) atoms. The van der Waals surface area contributed by atoms with Crippen LogP contribution >= 0.6 is 0 Å². The molecule has 1 N–H and O–H groups in total. The molecule has 3 rings (SSSR count). The topological polar surface area (TPSA) is 32.3 Å². The first-order chi connectivity index (χ1) is 9.27. The Morgan fingerprint density at radius 3 is 2.68 bits per heavy atom. The summed E-state index contributed by atoms with van der Waals surface area (Å²) < 4.78 is 0. The highest BCUT2D eigenvalue weighted by Crippen LogP contribution is 2.36. The smallest absolute Gasteiger partial charge is 0.226 e. The molecule has 2 aliphatic heterocycles. The Labute approximate surface area is 117 Å². The first-order valence-corrected chi connectivity index (χ1v) is 8.28. The monoisotopic (exact) mass is 264 g/mol. The minimum atomic E-state index is 0.331. The van der Waals surface area contributed by atoms with Crippen molar-refractivity contribution in [3.05, 3.63) is 0 Å². The highest BCUT2D eigenvalue weighted by Gasteiger charge is 2.40. The summed E-state index contributed by atoms with van der Waals surface area (Å²) in [5.41, 5.74) is 0. The highest BCUT2D eigenvalue weighted by atomic mass is 16.2. The maximum atomic E-state index is 12.8. The Balaban J connectivity index is 1.66. The van der Waals surface area contributed by atoms with E-state index < -0.39 is 0 Å². The van der Waals surface area contributed by atoms with Crippen LogP contribution in [0.5, 0.6) is 0 Å². The molecule has 0 bridgehead atoms. The third-order valence-electron chi connectivity index (χ3n) is 5.64. The van der Waals surface area contributed by atoms with Gasteiger partial charge in [0.05, 0.1) is 0 Å². The van der Waals surface area contributed by atoms with Crippen LogP contribution in [0.3, 0.4) is 0 Å². The summed E-state index contributed by atoms with van der Waals surface area (Å²) in [5.74, 6) is 2.13. The Kier molecular flexibility index (Phi) is 4.11. The van der Waals surface area contributed by atoms with E-state index in [-0.39, 0.29) is 0 Å². The molecule has 1 aliphatic carbocycles. The van der Waals surface area contributed by atoms with Crippen molar-refractivity contribution in [3.63, 3.8) is 0 Å². The third-order valence-corrected chi connectivity index (χ3v) is 5.64. The van der Waals surface area contributed by atoms with Crippen LogP contribution in [-0.2, 0) is 4.79 Å². The molecule has 0 aromatic rings. The largest absolute Gasteiger partial charge is 0.339 e. The first-order valence-electron chi connectivity index (χ1n) is 8.28. The standard InChI is InChI=1S/C16H28N2O/c1-12-5-2-7-14(12)16(19)18-10-4-8-15(18)13-6-3-9-17-11-13/h12-15,17H,2-11H2,1H3. The molecule has 3 heteroatoms. The van der Waals surface area contributed by atoms with Crippen molar-refractivity contribution in [3.8, 4) is 0 Å². The van der Waals surface area contributed by atoms with Gasteiger partial charge in [0.15, 0.2) is 0 Å². The van der Waals surface area contributed by atoms with Gasteiger partial charge in [-0.3, -0.25) is 4.79 Å². The van der Waals surface area contributed by atoms with Gasteiger partial charge < -0.3 is 10.2 Å². The summed E-state index contributed by atoms with van der Waals surface area (Å²) in [4.78, 5) is 15.1. The van der Waals surface area contributed by atoms with E-state index in [1.807, 2.05) is 0 Å². The van der Waals surface area contributed by atoms with Gasteiger partial charge in [-0.05, 0) is 63.5 Å². The minimum Gasteiger partial charge on any atom is -0.339 e. The Hall–Kier alpha value is -0.570. The van der Waals surface area contributed by atoms with Gasteiger partial charge in [0.25, 0.3) is 0 Å². The lowest BCUT2D eigenvalue weighted by Gasteiger charge is -2.36. The van der Waals surface area contributed by atoms with Crippen LogP contribution < -0.4 is 5.32 Å². The molecular formula is C16H28N2O. The molecule has 0 aromatic heterocycles. The first kappa shape index (κ1) is 13.4. The van der Waals surface area contributed by atoms with E-state index in [0.717, 1.165) is 26.1 Å². The van der Waals surface area contributed by atoms with Crippen LogP contribution in [0.1, 0.15) is 51.9 Å². The lowest BCUT2D eigenvalue weighted by atomic mass is 9.89. The zero-order chi connectivity index (χ0) is 13.2. The molecule has 4 atom stereocenters. The molecule has 0 radical (unpaired) electrons. The lowest BCUT2D eigenvalue weighted by molar-refractivity contribution is -0.138. The van der Waals surface area contributed by atoms with Gasteiger partial charge in [0, 0.05) is 18.5 Å². The van der Waals surface area contributed by atoms with E-state index >= 15 is 0 Å². The fourth-order valence-electron chi connectivity index (χ4n) is 4.49. The molecule has 2 heterocycles. The number of rotatable bonds is 2. The Morgan fingerprint density at radius 2 is 2.00 bits per heavy atom. The molecule has 1 saturated carbocycles. The molecule has 108 valence electrons. The van der Waals surface area contributed by atoms with Crippen LogP contribution in [0.15, 0.2) is 0 Å². The average molecular weight is 264 g/mol. The van der Waals surface area contributed by atoms with E-state index in [2.05, 4.69) is 17.1 Å². The number of piperidine rings is 1. The normalized spacial score (nSPS) is 39.7. The van der Waals surface area contributed by atoms with Gasteiger partial charge in [-0.15, -0.1) is 0 Å². The summed E-state index contributed by atoms with van der Waals surface area (Å²) in [6, 6.07) is 0.535. The maximum Gasteiger partial charge on any atom is 0.226 e. The Bertz CT molecular complexity index is 325. The number of hydrogen-bond donors (Lipinski definition) is 1. The van der Waals surface area contributed by atoms with E-state index in [4.69, 9.17) is 0 Å². The number of hydrogen-bond acceptors (Lipinski definition) is 2. The molecule has 0 aromatic carbocycles. The number of nitrogens with zero attached hydrogens (tertiary/aromatic N) is 1. The summed E-state index contributed by atoms with van der Waals surface area (Å²) in [7, 11) is 0. The van der Waals surface area contributed by atoms with Crippen LogP contribution in [0.25, 0.3) is 0 Å². The van der Waals surface area contributed by atoms with Gasteiger partial charge in [0.1, 0.15) is 0 Å². The fourth-order valence-corrected chi connectivity index (χ4v) is 4.49. The Morgan fingerprint density at radius 1 is 1.11 bits per heavy atom. The second kappa shape index (κ2) is 5.82. The second-order valence-corrected chi connectivity index (χ2v) is 6.86. The van der Waals surface area contributed by atoms with Gasteiger partial charge in [0.2, 0.25) is 5.91 Å². The van der Waals surface area contributed by atoms with Gasteiger partial charge in [-0.2, -0.15) is 0 Å². The molecule has 0 spiro atoms. The molecule has 4 unspecified atom stereocenters. The number of carbonyl (C=O) groups excluding carboxylic acids is 1. The van der Waals surface area contributed by atoms with E-state index in [1.165, 1.54) is 38.5 Å². The van der Waals surface area contributed by atoms with Crippen molar-refractivity contribution >= 4 is 5.91 Å². The van der Waals surface area contributed by atoms with E-state index in [9.17, 15) is 4.79 Å². The number of amides is 1. The van der Waals surface area contributed by atoms with Crippen molar-refractivity contribution in [1.29, 1.82) is 0 Å². The SMILES string of the molecule is CC1CCCC1C(=O)N1CCCC1C1CCCNC1. The summed E-state index contributed by atoms with van der Waals surface area (Å²) in [6.45, 7) is 5.57. The second-order valence-electron chi connectivity index (χ2n) is 6.86. The van der Waals surface area contributed by atoms with Crippen molar-refractivity contribution in [2.45, 2.75) is 57.9 Å². The number of likely N-dealkylation sites (tertiary alicyclic amines) is 1. The zero-order valence-electron chi connectivity index (χ0n) is 12.2. The molecular weight excluding hydrogens is 236 g/mol. The highest BCUT2D eigenvalue weighted by molar-refractivity contribution is 5.80. The molecule has 3 aliphatic rings. The zero-order valence-corrected chi connectivity index (χ0v) is 12.2. The third kappa shape index (κ3) is 2.67. The predicted molar refractivity (Wildman–Crippen MR) is 76.8 cm³/mol. The van der Waals surface area contributed by atoms with Crippen LogP contribution in [0, 0.1) is 17.8 Å². The molecule has 3 fully saturated rings. The van der Waals surface area contributed by atoms with E-state index in [0.29, 0.717) is 29.7 Å². The van der Waals surface area contributed by atoms with Crippen molar-refractivity contribution in [1.82, 2.24) is 10.2 Å². The molecule has 1 amide bonds. The molecule has 2 saturated heterocycles. The van der Waals surface area contributed by atoms with Gasteiger partial charge >= 0.3 is 0 Å². The summed E-state index contributed by atoms with van der Waals surface area (Å²) in [6.07, 6.45) is 8.67. The number of carbonyl (C=O) groups is 1. The van der Waals surface area contributed by atoms with Crippen molar-refractivity contribution < 1.29 is 4.79 Å². The van der Waals surface area contributed by atoms with E-state index in [1.54, 1.807) is 0 Å². The van der Waals surface area contributed by atoms with Crippen molar-refractivity contribution in [2.75, 3.05) is 19.6 Å². The lowest BCUT2D eigenvalue weighted by Crippen LogP contribution is -2.47. The summed E-state index contributed by atoms with van der Waals surface area (Å²) in [5, 5.41) is 3.51. The summed E-state index contributed by atoms with van der Waals surface area (Å²) >= 11 is 0. The quantitative estimate of drug-likeness (QED) is 0.830. The predicted octanol–water partition coefficient (Wildman–Crippen LogP) is 2.41. The number of nitrogens with one attached hydrogen (secondary N) is 1. The van der Waals surface area contributed by atoms with Gasteiger partial charge in [-0.1, -0.05) is 13.3 Å². The van der Waals surface area contributed by atoms with Crippen LogP contribution in [-0.4, -0.2) is 36.5 Å². The van der Waals surface area contributed by atoms with Crippen LogP contribution in [0.2, 0.25) is 0 Å². The van der Waals surface area contributed by atoms with Gasteiger partial charge in [-0.25, -0.2) is 0 Å². The molecule has 3 nitrogen and oxygen atoms in total.